The average molecular weight is 318 g/mol. The summed E-state index contributed by atoms with van der Waals surface area (Å²) >= 11 is 0. The molecule has 6 nitrogen and oxygen atoms in total. The van der Waals surface area contributed by atoms with Gasteiger partial charge in [0.15, 0.2) is 0 Å². The van der Waals surface area contributed by atoms with Crippen molar-refractivity contribution in [1.29, 1.82) is 0 Å². The van der Waals surface area contributed by atoms with Crippen molar-refractivity contribution in [2.24, 2.45) is 11.8 Å². The molecule has 0 aliphatic carbocycles. The molecule has 1 saturated heterocycles. The molecule has 1 aromatic rings. The monoisotopic (exact) mass is 318 g/mol. The summed E-state index contributed by atoms with van der Waals surface area (Å²) in [5.41, 5.74) is 0.0734. The van der Waals surface area contributed by atoms with E-state index in [1.807, 2.05) is 0 Å². The number of carboxylic acids is 1. The molecule has 0 aromatic heterocycles. The Morgan fingerprint density at radius 1 is 1.36 bits per heavy atom. The minimum atomic E-state index is -4.61. The number of nitrogens with zero attached hydrogens (tertiary/aromatic N) is 2. The van der Waals surface area contributed by atoms with Crippen LogP contribution in [-0.4, -0.2) is 40.2 Å². The van der Waals surface area contributed by atoms with Gasteiger partial charge in [-0.15, -0.1) is 0 Å². The number of aliphatic carboxylic acids is 1. The number of nitro groups is 1. The molecule has 9 heteroatoms. The van der Waals surface area contributed by atoms with Gasteiger partial charge in [-0.2, -0.15) is 13.2 Å². The number of benzene rings is 1. The Morgan fingerprint density at radius 2 is 2.00 bits per heavy atom. The first-order valence-electron chi connectivity index (χ1n) is 6.44. The Kier molecular flexibility index (Phi) is 4.36. The number of halogens is 3. The van der Waals surface area contributed by atoms with Crippen LogP contribution < -0.4 is 0 Å². The van der Waals surface area contributed by atoms with Gasteiger partial charge < -0.3 is 5.11 Å². The van der Waals surface area contributed by atoms with Gasteiger partial charge in [0.2, 0.25) is 0 Å². The minimum absolute atomic E-state index is 0.0898. The van der Waals surface area contributed by atoms with E-state index in [2.05, 4.69) is 0 Å². The van der Waals surface area contributed by atoms with Gasteiger partial charge in [-0.25, -0.2) is 0 Å². The lowest BCUT2D eigenvalue weighted by molar-refractivity contribution is -0.385. The highest BCUT2D eigenvalue weighted by Gasteiger charge is 2.52. The van der Waals surface area contributed by atoms with Gasteiger partial charge in [0.1, 0.15) is 0 Å². The predicted molar refractivity (Wildman–Crippen MR) is 69.0 cm³/mol. The molecule has 1 heterocycles. The molecule has 22 heavy (non-hydrogen) atoms. The van der Waals surface area contributed by atoms with Gasteiger partial charge in [0.05, 0.1) is 16.8 Å². The molecule has 1 N–H and O–H groups in total. The molecule has 0 amide bonds. The van der Waals surface area contributed by atoms with E-state index < -0.39 is 35.4 Å². The largest absolute Gasteiger partial charge is 0.481 e. The van der Waals surface area contributed by atoms with Crippen LogP contribution in [0.5, 0.6) is 0 Å². The molecule has 2 atom stereocenters. The SMILES string of the molecule is O=C(O)[C@@H]1CN(Cc2ccccc2[N+](=O)[O-])C[C@H]1C(F)(F)F. The van der Waals surface area contributed by atoms with Crippen molar-refractivity contribution in [2.75, 3.05) is 13.1 Å². The van der Waals surface area contributed by atoms with E-state index in [0.717, 1.165) is 0 Å². The maximum absolute atomic E-state index is 12.9. The fraction of sp³-hybridized carbons (Fsp3) is 0.462. The molecule has 1 aliphatic heterocycles. The molecule has 0 bridgehead atoms. The highest BCUT2D eigenvalue weighted by molar-refractivity contribution is 5.71. The third-order valence-electron chi connectivity index (χ3n) is 3.72. The summed E-state index contributed by atoms with van der Waals surface area (Å²) in [5.74, 6) is -5.03. The summed E-state index contributed by atoms with van der Waals surface area (Å²) in [6.45, 7) is -0.856. The third kappa shape index (κ3) is 3.35. The van der Waals surface area contributed by atoms with Crippen LogP contribution in [0.1, 0.15) is 5.56 Å². The van der Waals surface area contributed by atoms with Crippen molar-refractivity contribution in [3.8, 4) is 0 Å². The number of alkyl halides is 3. The van der Waals surface area contributed by atoms with Gasteiger partial charge in [0, 0.05) is 31.3 Å². The first-order valence-corrected chi connectivity index (χ1v) is 6.44. The third-order valence-corrected chi connectivity index (χ3v) is 3.72. The molecule has 120 valence electrons. The van der Waals surface area contributed by atoms with Gasteiger partial charge in [0.25, 0.3) is 5.69 Å². The minimum Gasteiger partial charge on any atom is -0.481 e. The van der Waals surface area contributed by atoms with Crippen LogP contribution in [-0.2, 0) is 11.3 Å². The Balaban J connectivity index is 2.19. The highest BCUT2D eigenvalue weighted by Crippen LogP contribution is 2.38. The average Bonchev–Trinajstić information content (AvgIpc) is 2.83. The van der Waals surface area contributed by atoms with Crippen LogP contribution >= 0.6 is 0 Å². The van der Waals surface area contributed by atoms with E-state index >= 15 is 0 Å². The van der Waals surface area contributed by atoms with Crippen molar-refractivity contribution in [3.63, 3.8) is 0 Å². The van der Waals surface area contributed by atoms with Crippen molar-refractivity contribution < 1.29 is 28.0 Å². The molecule has 0 spiro atoms. The normalized spacial score (nSPS) is 22.7. The van der Waals surface area contributed by atoms with Gasteiger partial charge in [-0.05, 0) is 0 Å². The Bertz CT molecular complexity index is 591. The van der Waals surface area contributed by atoms with Crippen molar-refractivity contribution >= 4 is 11.7 Å². The Morgan fingerprint density at radius 3 is 2.50 bits per heavy atom. The topological polar surface area (TPSA) is 83.7 Å². The molecule has 0 saturated carbocycles. The van der Waals surface area contributed by atoms with E-state index in [1.165, 1.54) is 23.1 Å². The second-order valence-corrected chi connectivity index (χ2v) is 5.17. The van der Waals surface area contributed by atoms with Crippen molar-refractivity contribution in [3.05, 3.63) is 39.9 Å². The number of rotatable bonds is 4. The van der Waals surface area contributed by atoms with Gasteiger partial charge >= 0.3 is 12.1 Å². The smallest absolute Gasteiger partial charge is 0.393 e. The van der Waals surface area contributed by atoms with Crippen LogP contribution in [0.2, 0.25) is 0 Å². The summed E-state index contributed by atoms with van der Waals surface area (Å²) in [4.78, 5) is 22.6. The first kappa shape index (κ1) is 16.2. The van der Waals surface area contributed by atoms with Crippen LogP contribution in [0, 0.1) is 22.0 Å². The number of nitro benzene ring substituents is 1. The molecule has 1 aromatic carbocycles. The van der Waals surface area contributed by atoms with Crippen LogP contribution in [0.25, 0.3) is 0 Å². The Labute approximate surface area is 123 Å². The first-order chi connectivity index (χ1) is 10.2. The second-order valence-electron chi connectivity index (χ2n) is 5.17. The molecular formula is C13H13F3N2O4. The van der Waals surface area contributed by atoms with Crippen molar-refractivity contribution in [2.45, 2.75) is 12.7 Å². The quantitative estimate of drug-likeness (QED) is 0.680. The summed E-state index contributed by atoms with van der Waals surface area (Å²) < 4.78 is 38.7. The fourth-order valence-electron chi connectivity index (χ4n) is 2.66. The second kappa shape index (κ2) is 5.91. The zero-order valence-electron chi connectivity index (χ0n) is 11.3. The lowest BCUT2D eigenvalue weighted by Crippen LogP contribution is -2.33. The summed E-state index contributed by atoms with van der Waals surface area (Å²) in [5, 5.41) is 19.8. The molecule has 0 unspecified atom stereocenters. The van der Waals surface area contributed by atoms with Crippen LogP contribution in [0.15, 0.2) is 24.3 Å². The van der Waals surface area contributed by atoms with Crippen LogP contribution in [0.3, 0.4) is 0 Å². The van der Waals surface area contributed by atoms with E-state index in [4.69, 9.17) is 5.11 Å². The standard InChI is InChI=1S/C13H13F3N2O4/c14-13(15,16)10-7-17(6-9(10)12(19)20)5-8-3-1-2-4-11(8)18(21)22/h1-4,9-10H,5-7H2,(H,19,20)/t9-,10-/m1/s1. The molecule has 0 radical (unpaired) electrons. The number of hydrogen-bond acceptors (Lipinski definition) is 4. The van der Waals surface area contributed by atoms with E-state index in [0.29, 0.717) is 0 Å². The molecule has 1 fully saturated rings. The molecule has 2 rings (SSSR count). The predicted octanol–water partition coefficient (Wildman–Crippen LogP) is 2.29. The number of hydrogen-bond donors (Lipinski definition) is 1. The van der Waals surface area contributed by atoms with E-state index in [-0.39, 0.29) is 24.3 Å². The number of likely N-dealkylation sites (tertiary alicyclic amines) is 1. The summed E-state index contributed by atoms with van der Waals surface area (Å²) in [6, 6.07) is 5.73. The highest BCUT2D eigenvalue weighted by atomic mass is 19.4. The Hall–Kier alpha value is -2.16. The number of carboxylic acid groups (broad SMARTS) is 1. The van der Waals surface area contributed by atoms with E-state index in [9.17, 15) is 28.1 Å². The van der Waals surface area contributed by atoms with E-state index in [1.54, 1.807) is 6.07 Å². The zero-order chi connectivity index (χ0) is 16.5. The maximum Gasteiger partial charge on any atom is 0.393 e. The van der Waals surface area contributed by atoms with Gasteiger partial charge in [-0.1, -0.05) is 18.2 Å². The van der Waals surface area contributed by atoms with Gasteiger partial charge in [-0.3, -0.25) is 19.8 Å². The number of para-hydroxylation sites is 1. The van der Waals surface area contributed by atoms with Crippen molar-refractivity contribution in [1.82, 2.24) is 4.90 Å². The number of carbonyl (C=O) groups is 1. The summed E-state index contributed by atoms with van der Waals surface area (Å²) in [6.07, 6.45) is -4.61. The van der Waals surface area contributed by atoms with Crippen LogP contribution in [0.4, 0.5) is 18.9 Å². The summed E-state index contributed by atoms with van der Waals surface area (Å²) in [7, 11) is 0. The zero-order valence-corrected chi connectivity index (χ0v) is 11.3. The lowest BCUT2D eigenvalue weighted by atomic mass is 9.96. The maximum atomic E-state index is 12.9. The molecular weight excluding hydrogens is 305 g/mol. The lowest BCUT2D eigenvalue weighted by Gasteiger charge is -2.18. The molecule has 1 aliphatic rings. The fourth-order valence-corrected chi connectivity index (χ4v) is 2.66.